The van der Waals surface area contributed by atoms with Crippen molar-refractivity contribution in [2.45, 2.75) is 19.1 Å². The van der Waals surface area contributed by atoms with Crippen molar-refractivity contribution in [3.05, 3.63) is 71.9 Å². The third kappa shape index (κ3) is 5.96. The number of ether oxygens (including phenoxy) is 1. The summed E-state index contributed by atoms with van der Waals surface area (Å²) in [6, 6.07) is 17.1. The van der Waals surface area contributed by atoms with Gasteiger partial charge in [-0.2, -0.15) is 18.3 Å². The summed E-state index contributed by atoms with van der Waals surface area (Å²) in [7, 11) is 1.57. The van der Waals surface area contributed by atoms with Crippen LogP contribution in [0.5, 0.6) is 5.75 Å². The Morgan fingerprint density at radius 2 is 1.82 bits per heavy atom. The lowest BCUT2D eigenvalue weighted by Gasteiger charge is -2.22. The first-order valence-electron chi connectivity index (χ1n) is 11.2. The molecule has 0 radical (unpaired) electrons. The second-order valence-electron chi connectivity index (χ2n) is 8.34. The quantitative estimate of drug-likeness (QED) is 0.536. The largest absolute Gasteiger partial charge is 0.497 e. The minimum Gasteiger partial charge on any atom is -0.497 e. The number of aromatic nitrogens is 2. The van der Waals surface area contributed by atoms with E-state index in [1.54, 1.807) is 22.9 Å². The van der Waals surface area contributed by atoms with Crippen LogP contribution in [0.25, 0.3) is 11.3 Å². The zero-order valence-electron chi connectivity index (χ0n) is 19.0. The van der Waals surface area contributed by atoms with Gasteiger partial charge in [-0.15, -0.1) is 0 Å². The molecule has 0 spiro atoms. The number of methoxy groups -OCH3 is 1. The maximum absolute atomic E-state index is 13.6. The van der Waals surface area contributed by atoms with Gasteiger partial charge in [0, 0.05) is 37.9 Å². The summed E-state index contributed by atoms with van der Waals surface area (Å²) >= 11 is 0. The minimum absolute atomic E-state index is 0.178. The molecule has 1 amide bonds. The topological polar surface area (TPSA) is 50.6 Å². The van der Waals surface area contributed by atoms with Gasteiger partial charge in [-0.25, -0.2) is 0 Å². The van der Waals surface area contributed by atoms with Crippen LogP contribution in [0.3, 0.4) is 0 Å². The number of hydrogen-bond acceptors (Lipinski definition) is 4. The number of hydrogen-bond donors (Lipinski definition) is 0. The van der Waals surface area contributed by atoms with Crippen LogP contribution in [0, 0.1) is 0 Å². The first kappa shape index (κ1) is 23.8. The Labute approximate surface area is 196 Å². The van der Waals surface area contributed by atoms with Gasteiger partial charge in [0.2, 0.25) is 0 Å². The smallest absolute Gasteiger partial charge is 0.401 e. The molecule has 1 aliphatic heterocycles. The molecule has 2 aromatic carbocycles. The molecular weight excluding hydrogens is 445 g/mol. The van der Waals surface area contributed by atoms with Crippen LogP contribution in [-0.2, 0) is 6.54 Å². The molecule has 0 aliphatic carbocycles. The number of amides is 1. The van der Waals surface area contributed by atoms with E-state index in [4.69, 9.17) is 9.84 Å². The van der Waals surface area contributed by atoms with Crippen LogP contribution >= 0.6 is 0 Å². The lowest BCUT2D eigenvalue weighted by molar-refractivity contribution is -0.145. The van der Waals surface area contributed by atoms with E-state index in [1.807, 2.05) is 54.6 Å². The lowest BCUT2D eigenvalue weighted by Crippen LogP contribution is -2.38. The van der Waals surface area contributed by atoms with Gasteiger partial charge in [0.05, 0.1) is 25.8 Å². The fourth-order valence-corrected chi connectivity index (χ4v) is 4.17. The van der Waals surface area contributed by atoms with Crippen molar-refractivity contribution in [3.8, 4) is 17.0 Å². The number of nitrogens with zero attached hydrogens (tertiary/aromatic N) is 4. The number of carbonyl (C=O) groups excluding carboxylic acids is 1. The summed E-state index contributed by atoms with van der Waals surface area (Å²) in [5.74, 6) is 0.414. The highest BCUT2D eigenvalue weighted by atomic mass is 19.4. The van der Waals surface area contributed by atoms with Gasteiger partial charge in [0.1, 0.15) is 11.4 Å². The van der Waals surface area contributed by atoms with Crippen LogP contribution < -0.4 is 4.74 Å². The van der Waals surface area contributed by atoms with Crippen LogP contribution in [0.2, 0.25) is 0 Å². The average Bonchev–Trinajstić information content (AvgIpc) is 3.10. The zero-order valence-corrected chi connectivity index (χ0v) is 19.0. The van der Waals surface area contributed by atoms with Gasteiger partial charge in [-0.1, -0.05) is 42.5 Å². The summed E-state index contributed by atoms with van der Waals surface area (Å²) in [6.45, 7) is 0.645. The van der Waals surface area contributed by atoms with E-state index in [0.717, 1.165) is 11.1 Å². The molecule has 0 saturated carbocycles. The predicted octanol–water partition coefficient (Wildman–Crippen LogP) is 4.32. The Morgan fingerprint density at radius 3 is 2.56 bits per heavy atom. The molecule has 0 N–H and O–H groups in total. The van der Waals surface area contributed by atoms with Crippen LogP contribution in [0.15, 0.2) is 60.8 Å². The van der Waals surface area contributed by atoms with Gasteiger partial charge in [-0.05, 0) is 24.1 Å². The summed E-state index contributed by atoms with van der Waals surface area (Å²) in [6.07, 6.45) is -2.05. The second kappa shape index (κ2) is 10.3. The average molecular weight is 473 g/mol. The Kier molecular flexibility index (Phi) is 7.21. The van der Waals surface area contributed by atoms with Crippen molar-refractivity contribution >= 4 is 5.91 Å². The minimum atomic E-state index is -4.25. The fourth-order valence-electron chi connectivity index (χ4n) is 4.17. The SMILES string of the molecule is COc1cccc(-c2nn(Cc3ccccc3)cc2C(=O)N2CCCN(CC(F)(F)F)CC2)c1. The first-order valence-corrected chi connectivity index (χ1v) is 11.2. The van der Waals surface area contributed by atoms with E-state index in [1.165, 1.54) is 4.90 Å². The number of alkyl halides is 3. The molecule has 2 heterocycles. The van der Waals surface area contributed by atoms with Crippen molar-refractivity contribution in [2.24, 2.45) is 0 Å². The molecule has 9 heteroatoms. The van der Waals surface area contributed by atoms with Crippen LogP contribution in [-0.4, -0.2) is 71.5 Å². The van der Waals surface area contributed by atoms with Crippen molar-refractivity contribution in [3.63, 3.8) is 0 Å². The molecule has 4 rings (SSSR count). The summed E-state index contributed by atoms with van der Waals surface area (Å²) < 4.78 is 45.6. The highest BCUT2D eigenvalue weighted by Gasteiger charge is 2.32. The van der Waals surface area contributed by atoms with E-state index < -0.39 is 12.7 Å². The first-order chi connectivity index (χ1) is 16.3. The Balaban J connectivity index is 1.61. The number of carbonyl (C=O) groups is 1. The van der Waals surface area contributed by atoms with Gasteiger partial charge >= 0.3 is 6.18 Å². The number of halogens is 3. The summed E-state index contributed by atoms with van der Waals surface area (Å²) in [5, 5.41) is 4.71. The Hall–Kier alpha value is -3.33. The van der Waals surface area contributed by atoms with E-state index in [9.17, 15) is 18.0 Å². The molecule has 1 aliphatic rings. The third-order valence-corrected chi connectivity index (χ3v) is 5.80. The van der Waals surface area contributed by atoms with Crippen molar-refractivity contribution in [1.82, 2.24) is 19.6 Å². The molecule has 1 saturated heterocycles. The van der Waals surface area contributed by atoms with Gasteiger partial charge in [-0.3, -0.25) is 14.4 Å². The van der Waals surface area contributed by atoms with Gasteiger partial charge < -0.3 is 9.64 Å². The summed E-state index contributed by atoms with van der Waals surface area (Å²) in [5.41, 5.74) is 2.73. The molecule has 6 nitrogen and oxygen atoms in total. The zero-order chi connectivity index (χ0) is 24.1. The highest BCUT2D eigenvalue weighted by molar-refractivity contribution is 6.00. The molecule has 0 atom stereocenters. The third-order valence-electron chi connectivity index (χ3n) is 5.80. The van der Waals surface area contributed by atoms with Crippen LogP contribution in [0.1, 0.15) is 22.3 Å². The molecule has 0 bridgehead atoms. The van der Waals surface area contributed by atoms with E-state index >= 15 is 0 Å². The van der Waals surface area contributed by atoms with Crippen LogP contribution in [0.4, 0.5) is 13.2 Å². The van der Waals surface area contributed by atoms with E-state index in [-0.39, 0.29) is 19.0 Å². The molecule has 1 aromatic heterocycles. The number of rotatable bonds is 6. The molecular formula is C25H27F3N4O2. The normalized spacial score (nSPS) is 15.2. The van der Waals surface area contributed by atoms with Crippen molar-refractivity contribution in [1.29, 1.82) is 0 Å². The Bertz CT molecular complexity index is 1110. The second-order valence-corrected chi connectivity index (χ2v) is 8.34. The van der Waals surface area contributed by atoms with Gasteiger partial charge in [0.25, 0.3) is 5.91 Å². The summed E-state index contributed by atoms with van der Waals surface area (Å²) in [4.78, 5) is 16.5. The fraction of sp³-hybridized carbons (Fsp3) is 0.360. The Morgan fingerprint density at radius 1 is 1.03 bits per heavy atom. The van der Waals surface area contributed by atoms with Crippen molar-refractivity contribution in [2.75, 3.05) is 39.8 Å². The molecule has 1 fully saturated rings. The standard InChI is InChI=1S/C25H27F3N4O2/c1-34-21-10-5-9-20(15-21)23-22(17-32(29-23)16-19-7-3-2-4-8-19)24(33)31-12-6-11-30(13-14-31)18-25(26,27)28/h2-5,7-10,15,17H,6,11-14,16,18H2,1H3. The lowest BCUT2D eigenvalue weighted by atomic mass is 10.1. The maximum atomic E-state index is 13.6. The predicted molar refractivity (Wildman–Crippen MR) is 123 cm³/mol. The van der Waals surface area contributed by atoms with Crippen molar-refractivity contribution < 1.29 is 22.7 Å². The highest BCUT2D eigenvalue weighted by Crippen LogP contribution is 2.27. The maximum Gasteiger partial charge on any atom is 0.401 e. The molecule has 3 aromatic rings. The monoisotopic (exact) mass is 472 g/mol. The van der Waals surface area contributed by atoms with Gasteiger partial charge in [0.15, 0.2) is 0 Å². The molecule has 180 valence electrons. The molecule has 34 heavy (non-hydrogen) atoms. The van der Waals surface area contributed by atoms with E-state index in [0.29, 0.717) is 43.1 Å². The molecule has 0 unspecified atom stereocenters. The number of benzene rings is 2. The van der Waals surface area contributed by atoms with E-state index in [2.05, 4.69) is 0 Å².